The van der Waals surface area contributed by atoms with E-state index in [9.17, 15) is 9.59 Å². The highest BCUT2D eigenvalue weighted by Crippen LogP contribution is 2.25. The van der Waals surface area contributed by atoms with E-state index in [1.165, 1.54) is 18.4 Å². The average Bonchev–Trinajstić information content (AvgIpc) is 2.87. The van der Waals surface area contributed by atoms with Crippen LogP contribution in [0.25, 0.3) is 0 Å². The molecule has 1 aromatic carbocycles. The van der Waals surface area contributed by atoms with Crippen LogP contribution in [0.3, 0.4) is 0 Å². The highest BCUT2D eigenvalue weighted by molar-refractivity contribution is 6.00. The molecule has 1 aliphatic rings. The van der Waals surface area contributed by atoms with Crippen LogP contribution in [0.5, 0.6) is 0 Å². The van der Waals surface area contributed by atoms with Crippen LogP contribution in [-0.2, 0) is 16.0 Å². The third-order valence-corrected chi connectivity index (χ3v) is 3.99. The molecule has 1 fully saturated rings. The number of amides is 2. The molecule has 1 saturated heterocycles. The van der Waals surface area contributed by atoms with Gasteiger partial charge in [-0.3, -0.25) is 9.59 Å². The Morgan fingerprint density at radius 3 is 2.59 bits per heavy atom. The van der Waals surface area contributed by atoms with E-state index in [0.29, 0.717) is 13.0 Å². The minimum absolute atomic E-state index is 0.0228. The summed E-state index contributed by atoms with van der Waals surface area (Å²) in [4.78, 5) is 26.0. The lowest BCUT2D eigenvalue weighted by molar-refractivity contribution is -0.126. The molecule has 4 nitrogen and oxygen atoms in total. The largest absolute Gasteiger partial charge is 0.354 e. The third kappa shape index (κ3) is 4.09. The number of benzene rings is 1. The van der Waals surface area contributed by atoms with Crippen molar-refractivity contribution < 1.29 is 9.59 Å². The van der Waals surface area contributed by atoms with Crippen LogP contribution in [0.4, 0.5) is 5.69 Å². The first kappa shape index (κ1) is 16.5. The summed E-state index contributed by atoms with van der Waals surface area (Å²) in [6.07, 6.45) is 3.73. The average molecular weight is 302 g/mol. The summed E-state index contributed by atoms with van der Waals surface area (Å²) in [5.41, 5.74) is 2.19. The first-order valence-corrected chi connectivity index (χ1v) is 8.21. The van der Waals surface area contributed by atoms with E-state index in [4.69, 9.17) is 0 Å². The molecule has 1 aliphatic heterocycles. The van der Waals surface area contributed by atoms with Gasteiger partial charge in [-0.1, -0.05) is 25.5 Å². The number of nitrogens with zero attached hydrogens (tertiary/aromatic N) is 1. The number of nitrogens with one attached hydrogen (secondary N) is 1. The summed E-state index contributed by atoms with van der Waals surface area (Å²) >= 11 is 0. The zero-order chi connectivity index (χ0) is 16.1. The molecule has 2 rings (SSSR count). The minimum atomic E-state index is -0.241. The molecule has 0 radical (unpaired) electrons. The Morgan fingerprint density at radius 2 is 2.00 bits per heavy atom. The quantitative estimate of drug-likeness (QED) is 0.878. The van der Waals surface area contributed by atoms with Crippen LogP contribution in [-0.4, -0.2) is 24.4 Å². The Bertz CT molecular complexity index is 522. The van der Waals surface area contributed by atoms with Crippen LogP contribution in [0, 0.1) is 5.92 Å². The molecule has 0 saturated carbocycles. The number of carbonyl (C=O) groups is 2. The first-order valence-electron chi connectivity index (χ1n) is 8.21. The van der Waals surface area contributed by atoms with Crippen LogP contribution < -0.4 is 10.2 Å². The smallest absolute Gasteiger partial charge is 0.227 e. The molecule has 22 heavy (non-hydrogen) atoms. The van der Waals surface area contributed by atoms with Crippen LogP contribution in [0.2, 0.25) is 0 Å². The van der Waals surface area contributed by atoms with E-state index >= 15 is 0 Å². The minimum Gasteiger partial charge on any atom is -0.354 e. The molecule has 0 aliphatic carbocycles. The summed E-state index contributed by atoms with van der Waals surface area (Å²) < 4.78 is 0. The van der Waals surface area contributed by atoms with Crippen molar-refractivity contribution in [3.63, 3.8) is 0 Å². The lowest BCUT2D eigenvalue weighted by atomic mass is 10.1. The maximum absolute atomic E-state index is 12.2. The molecule has 0 spiro atoms. The van der Waals surface area contributed by atoms with Crippen molar-refractivity contribution in [1.29, 1.82) is 0 Å². The van der Waals surface area contributed by atoms with E-state index in [1.807, 2.05) is 26.0 Å². The van der Waals surface area contributed by atoms with Gasteiger partial charge in [-0.25, -0.2) is 0 Å². The number of hydrogen-bond acceptors (Lipinski definition) is 2. The van der Waals surface area contributed by atoms with Gasteiger partial charge < -0.3 is 10.2 Å². The Morgan fingerprint density at radius 1 is 1.32 bits per heavy atom. The summed E-state index contributed by atoms with van der Waals surface area (Å²) in [5, 5.41) is 2.89. The van der Waals surface area contributed by atoms with Crippen molar-refractivity contribution in [2.24, 2.45) is 5.92 Å². The van der Waals surface area contributed by atoms with Gasteiger partial charge in [0, 0.05) is 24.7 Å². The van der Waals surface area contributed by atoms with Crippen molar-refractivity contribution in [3.8, 4) is 0 Å². The molecular formula is C18H26N2O2. The molecule has 1 atom stereocenters. The number of unbranched alkanes of at least 4 members (excludes halogenated alkanes) is 1. The summed E-state index contributed by atoms with van der Waals surface area (Å²) in [6.45, 7) is 6.52. The lowest BCUT2D eigenvalue weighted by Crippen LogP contribution is -2.36. The number of aryl methyl sites for hydroxylation is 1. The SMILES string of the molecule is CCCCc1ccc(N2C[C@@H](C(=O)NC(C)C)CC2=O)cc1. The Balaban J connectivity index is 2.00. The molecule has 4 heteroatoms. The molecule has 1 heterocycles. The Labute approximate surface area is 132 Å². The summed E-state index contributed by atoms with van der Waals surface area (Å²) in [7, 11) is 0. The second kappa shape index (κ2) is 7.43. The molecule has 0 aromatic heterocycles. The van der Waals surface area contributed by atoms with Crippen LogP contribution in [0.15, 0.2) is 24.3 Å². The lowest BCUT2D eigenvalue weighted by Gasteiger charge is -2.17. The van der Waals surface area contributed by atoms with Crippen molar-refractivity contribution >= 4 is 17.5 Å². The van der Waals surface area contributed by atoms with Crippen molar-refractivity contribution in [3.05, 3.63) is 29.8 Å². The summed E-state index contributed by atoms with van der Waals surface area (Å²) in [5.74, 6) is -0.231. The van der Waals surface area contributed by atoms with Gasteiger partial charge in [0.2, 0.25) is 11.8 Å². The van der Waals surface area contributed by atoms with Gasteiger partial charge in [0.05, 0.1) is 5.92 Å². The van der Waals surface area contributed by atoms with Gasteiger partial charge in [-0.15, -0.1) is 0 Å². The fourth-order valence-corrected chi connectivity index (χ4v) is 2.76. The van der Waals surface area contributed by atoms with E-state index < -0.39 is 0 Å². The number of anilines is 1. The van der Waals surface area contributed by atoms with Gasteiger partial charge in [0.25, 0.3) is 0 Å². The van der Waals surface area contributed by atoms with E-state index in [-0.39, 0.29) is 23.8 Å². The van der Waals surface area contributed by atoms with E-state index in [2.05, 4.69) is 24.4 Å². The first-order chi connectivity index (χ1) is 10.5. The standard InChI is InChI=1S/C18H26N2O2/c1-4-5-6-14-7-9-16(10-8-14)20-12-15(11-17(20)21)18(22)19-13(2)3/h7-10,13,15H,4-6,11-12H2,1-3H3,(H,19,22)/t15-/m0/s1. The van der Waals surface area contributed by atoms with Crippen molar-refractivity contribution in [2.75, 3.05) is 11.4 Å². The number of carbonyl (C=O) groups excluding carboxylic acids is 2. The van der Waals surface area contributed by atoms with Crippen LogP contribution >= 0.6 is 0 Å². The van der Waals surface area contributed by atoms with Gasteiger partial charge in [-0.2, -0.15) is 0 Å². The van der Waals surface area contributed by atoms with Gasteiger partial charge in [0.1, 0.15) is 0 Å². The molecule has 1 aromatic rings. The second-order valence-electron chi connectivity index (χ2n) is 6.34. The maximum atomic E-state index is 12.2. The number of rotatable bonds is 6. The zero-order valence-corrected chi connectivity index (χ0v) is 13.8. The topological polar surface area (TPSA) is 49.4 Å². The van der Waals surface area contributed by atoms with Crippen LogP contribution in [0.1, 0.15) is 45.6 Å². The molecule has 1 N–H and O–H groups in total. The maximum Gasteiger partial charge on any atom is 0.227 e. The van der Waals surface area contributed by atoms with Gasteiger partial charge >= 0.3 is 0 Å². The van der Waals surface area contributed by atoms with Crippen molar-refractivity contribution in [1.82, 2.24) is 5.32 Å². The molecule has 0 bridgehead atoms. The zero-order valence-electron chi connectivity index (χ0n) is 13.8. The predicted molar refractivity (Wildman–Crippen MR) is 88.8 cm³/mol. The molecule has 0 unspecified atom stereocenters. The monoisotopic (exact) mass is 302 g/mol. The predicted octanol–water partition coefficient (Wildman–Crippen LogP) is 2.91. The molecular weight excluding hydrogens is 276 g/mol. The van der Waals surface area contributed by atoms with Gasteiger partial charge in [0.15, 0.2) is 0 Å². The third-order valence-electron chi connectivity index (χ3n) is 3.99. The second-order valence-corrected chi connectivity index (χ2v) is 6.34. The van der Waals surface area contributed by atoms with Gasteiger partial charge in [-0.05, 0) is 44.4 Å². The molecule has 120 valence electrons. The Hall–Kier alpha value is -1.84. The summed E-state index contributed by atoms with van der Waals surface area (Å²) in [6, 6.07) is 8.26. The fraction of sp³-hybridized carbons (Fsp3) is 0.556. The highest BCUT2D eigenvalue weighted by Gasteiger charge is 2.35. The molecule has 2 amide bonds. The Kier molecular flexibility index (Phi) is 5.58. The normalized spacial score (nSPS) is 18.1. The van der Waals surface area contributed by atoms with Crippen molar-refractivity contribution in [2.45, 2.75) is 52.5 Å². The van der Waals surface area contributed by atoms with E-state index in [0.717, 1.165) is 12.1 Å². The highest BCUT2D eigenvalue weighted by atomic mass is 16.2. The number of hydrogen-bond donors (Lipinski definition) is 1. The van der Waals surface area contributed by atoms with E-state index in [1.54, 1.807) is 4.90 Å². The fourth-order valence-electron chi connectivity index (χ4n) is 2.76.